The number of nitrogens with two attached hydrogens (primary N) is 3. The number of rotatable bonds is 16. The van der Waals surface area contributed by atoms with Crippen molar-refractivity contribution in [3.8, 4) is 11.1 Å². The number of amides is 2. The van der Waals surface area contributed by atoms with Crippen molar-refractivity contribution in [2.75, 3.05) is 31.7 Å². The zero-order valence-corrected chi connectivity index (χ0v) is 26.7. The standard InChI is InChI=1S/C32H42ClN9O4/c1-46-31(45)24(7-2-4-18-34)39-25(43)17-12-21-10-15-23(16-11-21)22-13-8-20(9-14-22)6-3-5-19-38-32(37)42-30(44)26-28(35)41-29(36)27(33)40-26/h8-11,13-16,24H,2-7,12,17-19,34H2,1H3,(H,39,43)(H4,35,36,41)(H3,37,38,42,44)/t24-/m0/s1. The van der Waals surface area contributed by atoms with E-state index in [4.69, 9.17) is 38.9 Å². The van der Waals surface area contributed by atoms with Crippen LogP contribution in [0.25, 0.3) is 11.1 Å². The molecule has 0 radical (unpaired) electrons. The molecule has 0 aliphatic heterocycles. The number of unbranched alkanes of at least 4 members (excludes halogenated alkanes) is 2. The number of benzene rings is 2. The van der Waals surface area contributed by atoms with E-state index >= 15 is 0 Å². The lowest BCUT2D eigenvalue weighted by Gasteiger charge is -2.16. The molecule has 0 saturated carbocycles. The number of aromatic nitrogens is 2. The highest BCUT2D eigenvalue weighted by atomic mass is 35.5. The molecule has 1 heterocycles. The zero-order chi connectivity index (χ0) is 33.5. The summed E-state index contributed by atoms with van der Waals surface area (Å²) in [5.41, 5.74) is 20.9. The molecule has 1 aromatic heterocycles. The van der Waals surface area contributed by atoms with Crippen molar-refractivity contribution in [3.63, 3.8) is 0 Å². The molecule has 1 atom stereocenters. The second kappa shape index (κ2) is 18.3. The minimum atomic E-state index is -0.706. The fourth-order valence-electron chi connectivity index (χ4n) is 4.63. The molecular weight excluding hydrogens is 610 g/mol. The van der Waals surface area contributed by atoms with Crippen LogP contribution in [-0.2, 0) is 27.2 Å². The Bertz CT molecular complexity index is 1480. The number of nitrogens with one attached hydrogen (secondary N) is 4. The molecule has 46 heavy (non-hydrogen) atoms. The first-order valence-corrected chi connectivity index (χ1v) is 15.5. The Kier molecular flexibility index (Phi) is 14.2. The van der Waals surface area contributed by atoms with Crippen molar-refractivity contribution in [1.82, 2.24) is 25.9 Å². The first-order valence-electron chi connectivity index (χ1n) is 15.1. The monoisotopic (exact) mass is 651 g/mol. The maximum Gasteiger partial charge on any atom is 0.328 e. The Balaban J connectivity index is 1.37. The van der Waals surface area contributed by atoms with Crippen molar-refractivity contribution < 1.29 is 19.1 Å². The van der Waals surface area contributed by atoms with Gasteiger partial charge in [0.2, 0.25) is 5.91 Å². The van der Waals surface area contributed by atoms with Crippen LogP contribution >= 0.6 is 11.6 Å². The smallest absolute Gasteiger partial charge is 0.328 e. The number of guanidine groups is 1. The first-order chi connectivity index (χ1) is 22.1. The molecule has 3 rings (SSSR count). The predicted molar refractivity (Wildman–Crippen MR) is 179 cm³/mol. The molecule has 2 amide bonds. The highest BCUT2D eigenvalue weighted by molar-refractivity contribution is 6.31. The fraction of sp³-hybridized carbons (Fsp3) is 0.375. The molecule has 0 saturated heterocycles. The maximum atomic E-state index is 12.5. The molecule has 0 aliphatic carbocycles. The third kappa shape index (κ3) is 11.3. The van der Waals surface area contributed by atoms with Gasteiger partial charge in [0.05, 0.1) is 7.11 Å². The van der Waals surface area contributed by atoms with Crippen LogP contribution in [0.3, 0.4) is 0 Å². The van der Waals surface area contributed by atoms with Crippen LogP contribution < -0.4 is 33.2 Å². The minimum absolute atomic E-state index is 0.0774. The van der Waals surface area contributed by atoms with Gasteiger partial charge in [-0.2, -0.15) is 0 Å². The average Bonchev–Trinajstić information content (AvgIpc) is 3.05. The molecule has 0 bridgehead atoms. The van der Waals surface area contributed by atoms with E-state index in [-0.39, 0.29) is 40.8 Å². The van der Waals surface area contributed by atoms with Crippen LogP contribution in [0, 0.1) is 5.41 Å². The summed E-state index contributed by atoms with van der Waals surface area (Å²) in [4.78, 5) is 44.4. The fourth-order valence-corrected chi connectivity index (χ4v) is 4.76. The van der Waals surface area contributed by atoms with Crippen molar-refractivity contribution in [2.45, 2.75) is 57.4 Å². The van der Waals surface area contributed by atoms with Crippen LogP contribution in [0.15, 0.2) is 48.5 Å². The quantitative estimate of drug-likeness (QED) is 0.0519. The van der Waals surface area contributed by atoms with Gasteiger partial charge >= 0.3 is 5.97 Å². The second-order valence-corrected chi connectivity index (χ2v) is 11.0. The van der Waals surface area contributed by atoms with Crippen LogP contribution in [-0.4, -0.2) is 60.0 Å². The summed E-state index contributed by atoms with van der Waals surface area (Å²) in [5, 5.41) is 15.8. The Labute approximate surface area is 273 Å². The number of carbonyl (C=O) groups is 3. The van der Waals surface area contributed by atoms with Crippen molar-refractivity contribution >= 4 is 47.0 Å². The van der Waals surface area contributed by atoms with E-state index in [1.807, 2.05) is 24.3 Å². The summed E-state index contributed by atoms with van der Waals surface area (Å²) < 4.78 is 4.82. The van der Waals surface area contributed by atoms with Gasteiger partial charge in [-0.15, -0.1) is 0 Å². The van der Waals surface area contributed by atoms with Gasteiger partial charge in [-0.3, -0.25) is 20.3 Å². The lowest BCUT2D eigenvalue weighted by Crippen LogP contribution is -2.41. The van der Waals surface area contributed by atoms with Crippen LogP contribution in [0.2, 0.25) is 5.15 Å². The summed E-state index contributed by atoms with van der Waals surface area (Å²) in [6.45, 7) is 1.03. The van der Waals surface area contributed by atoms with E-state index < -0.39 is 17.9 Å². The van der Waals surface area contributed by atoms with E-state index in [1.165, 1.54) is 12.7 Å². The number of ether oxygens (including phenoxy) is 1. The van der Waals surface area contributed by atoms with Gasteiger partial charge < -0.3 is 32.6 Å². The number of methoxy groups -OCH3 is 1. The number of hydrogen-bond donors (Lipinski definition) is 7. The van der Waals surface area contributed by atoms with Crippen molar-refractivity contribution in [3.05, 3.63) is 70.5 Å². The molecule has 0 spiro atoms. The lowest BCUT2D eigenvalue weighted by atomic mass is 9.99. The number of nitrogens with zero attached hydrogens (tertiary/aromatic N) is 2. The molecule has 13 nitrogen and oxygen atoms in total. The largest absolute Gasteiger partial charge is 0.467 e. The number of anilines is 2. The number of esters is 1. The van der Waals surface area contributed by atoms with Gasteiger partial charge in [-0.05, 0) is 73.7 Å². The van der Waals surface area contributed by atoms with E-state index in [1.54, 1.807) is 0 Å². The summed E-state index contributed by atoms with van der Waals surface area (Å²) in [7, 11) is 1.32. The van der Waals surface area contributed by atoms with Gasteiger partial charge in [0.1, 0.15) is 6.04 Å². The predicted octanol–water partition coefficient (Wildman–Crippen LogP) is 2.96. The van der Waals surface area contributed by atoms with Crippen molar-refractivity contribution in [2.24, 2.45) is 5.73 Å². The molecule has 2 aromatic carbocycles. The molecule has 3 aromatic rings. The van der Waals surface area contributed by atoms with E-state index in [9.17, 15) is 14.4 Å². The topological polar surface area (TPSA) is 224 Å². The zero-order valence-electron chi connectivity index (χ0n) is 25.9. The van der Waals surface area contributed by atoms with Gasteiger partial charge in [-0.1, -0.05) is 60.1 Å². The van der Waals surface area contributed by atoms with E-state index in [2.05, 4.69) is 50.2 Å². The van der Waals surface area contributed by atoms with Crippen molar-refractivity contribution in [1.29, 1.82) is 5.41 Å². The first kappa shape index (κ1) is 35.7. The molecule has 0 unspecified atom stereocenters. The third-order valence-electron chi connectivity index (χ3n) is 7.20. The van der Waals surface area contributed by atoms with Crippen LogP contribution in [0.1, 0.15) is 60.1 Å². The highest BCUT2D eigenvalue weighted by Crippen LogP contribution is 2.22. The second-order valence-electron chi connectivity index (χ2n) is 10.7. The Morgan fingerprint density at radius 2 is 1.52 bits per heavy atom. The van der Waals surface area contributed by atoms with Gasteiger partial charge in [-0.25, -0.2) is 14.8 Å². The molecule has 0 aliphatic rings. The number of aryl methyl sites for hydroxylation is 2. The Hall–Kier alpha value is -4.75. The SMILES string of the molecule is COC(=O)[C@H](CCCCN)NC(=O)CCc1ccc(-c2ccc(CCCCNC(=N)NC(=O)c3nc(Cl)c(N)nc3N)cc2)cc1. The summed E-state index contributed by atoms with van der Waals surface area (Å²) >= 11 is 5.81. The molecule has 246 valence electrons. The molecule has 0 fully saturated rings. The number of halogens is 1. The molecule has 14 heteroatoms. The number of nitrogen functional groups attached to an aromatic ring is 2. The van der Waals surface area contributed by atoms with E-state index in [0.29, 0.717) is 25.9 Å². The summed E-state index contributed by atoms with van der Waals surface area (Å²) in [5.74, 6) is -1.77. The van der Waals surface area contributed by atoms with Gasteiger partial charge in [0.15, 0.2) is 28.4 Å². The van der Waals surface area contributed by atoms with Gasteiger partial charge in [0, 0.05) is 13.0 Å². The van der Waals surface area contributed by atoms with Gasteiger partial charge in [0.25, 0.3) is 5.91 Å². The Morgan fingerprint density at radius 1 is 0.891 bits per heavy atom. The third-order valence-corrected chi connectivity index (χ3v) is 7.48. The normalized spacial score (nSPS) is 11.4. The number of carbonyl (C=O) groups excluding carboxylic acids is 3. The molecule has 10 N–H and O–H groups in total. The Morgan fingerprint density at radius 3 is 2.13 bits per heavy atom. The molecular formula is C32H42ClN9O4. The number of hydrogen-bond acceptors (Lipinski definition) is 10. The highest BCUT2D eigenvalue weighted by Gasteiger charge is 2.21. The summed E-state index contributed by atoms with van der Waals surface area (Å²) in [6.07, 6.45) is 5.39. The average molecular weight is 652 g/mol. The lowest BCUT2D eigenvalue weighted by molar-refractivity contribution is -0.145. The summed E-state index contributed by atoms with van der Waals surface area (Å²) in [6, 6.07) is 15.8. The minimum Gasteiger partial charge on any atom is -0.467 e. The van der Waals surface area contributed by atoms with Crippen LogP contribution in [0.5, 0.6) is 0 Å². The maximum absolute atomic E-state index is 12.5. The van der Waals surface area contributed by atoms with E-state index in [0.717, 1.165) is 48.8 Å². The van der Waals surface area contributed by atoms with Crippen LogP contribution in [0.4, 0.5) is 11.6 Å².